The topological polar surface area (TPSA) is 75.0 Å². The Morgan fingerprint density at radius 3 is 2.60 bits per heavy atom. The molecule has 5 heteroatoms. The highest BCUT2D eigenvalue weighted by molar-refractivity contribution is 6.08. The van der Waals surface area contributed by atoms with Crippen molar-refractivity contribution in [2.45, 2.75) is 19.8 Å². The van der Waals surface area contributed by atoms with E-state index in [0.717, 1.165) is 24.2 Å². The van der Waals surface area contributed by atoms with Gasteiger partial charge in [-0.15, -0.1) is 0 Å². The summed E-state index contributed by atoms with van der Waals surface area (Å²) < 4.78 is 5.62. The molecule has 0 saturated heterocycles. The summed E-state index contributed by atoms with van der Waals surface area (Å²) in [6, 6.07) is 12.7. The van der Waals surface area contributed by atoms with Gasteiger partial charge in [0.25, 0.3) is 0 Å². The molecule has 0 spiro atoms. The van der Waals surface area contributed by atoms with Gasteiger partial charge in [0.1, 0.15) is 5.75 Å². The maximum absolute atomic E-state index is 12.3. The number of hydrogen-bond donors (Lipinski definition) is 2. The lowest BCUT2D eigenvalue weighted by Crippen LogP contribution is -1.99. The highest BCUT2D eigenvalue weighted by Crippen LogP contribution is 2.15. The largest absolute Gasteiger partial charge is 0.494 e. The van der Waals surface area contributed by atoms with Gasteiger partial charge in [-0.25, -0.2) is 4.79 Å². The van der Waals surface area contributed by atoms with Crippen LogP contribution in [0.4, 0.5) is 0 Å². The molecule has 0 aliphatic carbocycles. The van der Waals surface area contributed by atoms with E-state index in [1.54, 1.807) is 24.3 Å². The first kappa shape index (κ1) is 16.8. The standard InChI is InChI=1S/C20H20N2O3/c1-2-3-12-25-16-8-4-14(5-9-16)6-11-19(23)15-7-10-17-18(13-15)22-20(24)21-17/h4-11,13H,2-3,12H2,1H3,(H2,21,22,24)/b11-6+. The zero-order valence-electron chi connectivity index (χ0n) is 14.0. The lowest BCUT2D eigenvalue weighted by atomic mass is 10.1. The van der Waals surface area contributed by atoms with Gasteiger partial charge in [0.05, 0.1) is 17.6 Å². The molecule has 0 saturated carbocycles. The number of benzene rings is 2. The summed E-state index contributed by atoms with van der Waals surface area (Å²) in [4.78, 5) is 28.9. The summed E-state index contributed by atoms with van der Waals surface area (Å²) in [5.74, 6) is 0.714. The number of ketones is 1. The summed E-state index contributed by atoms with van der Waals surface area (Å²) in [5, 5.41) is 0. The third-order valence-corrected chi connectivity index (χ3v) is 3.87. The van der Waals surface area contributed by atoms with Gasteiger partial charge in [0.15, 0.2) is 5.78 Å². The number of carbonyl (C=O) groups is 1. The summed E-state index contributed by atoms with van der Waals surface area (Å²) in [6.07, 6.45) is 5.43. The number of aromatic nitrogens is 2. The highest BCUT2D eigenvalue weighted by atomic mass is 16.5. The fraction of sp³-hybridized carbons (Fsp3) is 0.200. The number of fused-ring (bicyclic) bond motifs is 1. The Hall–Kier alpha value is -3.08. The molecule has 5 nitrogen and oxygen atoms in total. The smallest absolute Gasteiger partial charge is 0.323 e. The predicted octanol–water partition coefficient (Wildman–Crippen LogP) is 3.93. The van der Waals surface area contributed by atoms with E-state index < -0.39 is 0 Å². The molecule has 0 amide bonds. The lowest BCUT2D eigenvalue weighted by Gasteiger charge is -2.05. The second-order valence-corrected chi connectivity index (χ2v) is 5.81. The molecule has 0 radical (unpaired) electrons. The number of imidazole rings is 1. The molecule has 2 aromatic carbocycles. The summed E-state index contributed by atoms with van der Waals surface area (Å²) in [7, 11) is 0. The van der Waals surface area contributed by atoms with E-state index in [2.05, 4.69) is 16.9 Å². The molecule has 25 heavy (non-hydrogen) atoms. The van der Waals surface area contributed by atoms with E-state index in [1.807, 2.05) is 24.3 Å². The molecule has 0 atom stereocenters. The van der Waals surface area contributed by atoms with Crippen molar-refractivity contribution in [3.05, 3.63) is 70.2 Å². The van der Waals surface area contributed by atoms with Gasteiger partial charge >= 0.3 is 5.69 Å². The summed E-state index contributed by atoms with van der Waals surface area (Å²) in [5.41, 5.74) is 2.48. The summed E-state index contributed by atoms with van der Waals surface area (Å²) >= 11 is 0. The molecule has 0 aliphatic heterocycles. The van der Waals surface area contributed by atoms with E-state index in [0.29, 0.717) is 23.2 Å². The van der Waals surface area contributed by atoms with Crippen molar-refractivity contribution in [1.82, 2.24) is 9.97 Å². The quantitative estimate of drug-likeness (QED) is 0.390. The van der Waals surface area contributed by atoms with Gasteiger partial charge in [0.2, 0.25) is 0 Å². The van der Waals surface area contributed by atoms with Gasteiger partial charge in [0, 0.05) is 5.56 Å². The third-order valence-electron chi connectivity index (χ3n) is 3.87. The van der Waals surface area contributed by atoms with Crippen LogP contribution in [0.15, 0.2) is 53.3 Å². The second-order valence-electron chi connectivity index (χ2n) is 5.81. The number of hydrogen-bond acceptors (Lipinski definition) is 3. The zero-order valence-corrected chi connectivity index (χ0v) is 14.0. The number of unbranched alkanes of at least 4 members (excludes halogenated alkanes) is 1. The van der Waals surface area contributed by atoms with Crippen LogP contribution in [-0.4, -0.2) is 22.4 Å². The molecule has 0 fully saturated rings. The second kappa shape index (κ2) is 7.66. The van der Waals surface area contributed by atoms with E-state index in [9.17, 15) is 9.59 Å². The number of carbonyl (C=O) groups excluding carboxylic acids is 1. The number of ether oxygens (including phenoxy) is 1. The van der Waals surface area contributed by atoms with E-state index in [1.165, 1.54) is 6.08 Å². The molecule has 1 aromatic heterocycles. The van der Waals surface area contributed by atoms with Crippen LogP contribution in [0.1, 0.15) is 35.7 Å². The van der Waals surface area contributed by atoms with Crippen molar-refractivity contribution >= 4 is 22.9 Å². The number of H-pyrrole nitrogens is 2. The minimum absolute atomic E-state index is 0.118. The molecule has 3 rings (SSSR count). The molecule has 3 aromatic rings. The van der Waals surface area contributed by atoms with Gasteiger partial charge < -0.3 is 14.7 Å². The average Bonchev–Trinajstić information content (AvgIpc) is 3.00. The van der Waals surface area contributed by atoms with Crippen LogP contribution >= 0.6 is 0 Å². The van der Waals surface area contributed by atoms with E-state index in [-0.39, 0.29) is 11.5 Å². The van der Waals surface area contributed by atoms with E-state index >= 15 is 0 Å². The fourth-order valence-electron chi connectivity index (χ4n) is 2.46. The van der Waals surface area contributed by atoms with E-state index in [4.69, 9.17) is 4.74 Å². The van der Waals surface area contributed by atoms with Crippen LogP contribution in [0.2, 0.25) is 0 Å². The molecule has 128 valence electrons. The highest BCUT2D eigenvalue weighted by Gasteiger charge is 2.05. The Labute approximate surface area is 145 Å². The fourth-order valence-corrected chi connectivity index (χ4v) is 2.46. The minimum atomic E-state index is -0.281. The van der Waals surface area contributed by atoms with Crippen LogP contribution < -0.4 is 10.4 Å². The SMILES string of the molecule is CCCCOc1ccc(/C=C/C(=O)c2ccc3[nH]c(=O)[nH]c3c2)cc1. The molecule has 0 unspecified atom stereocenters. The lowest BCUT2D eigenvalue weighted by molar-refractivity contribution is 0.104. The molecule has 2 N–H and O–H groups in total. The molecule has 0 aliphatic rings. The number of rotatable bonds is 7. The first-order chi connectivity index (χ1) is 12.2. The Balaban J connectivity index is 1.67. The predicted molar refractivity (Wildman–Crippen MR) is 99.1 cm³/mol. The monoisotopic (exact) mass is 336 g/mol. The third kappa shape index (κ3) is 4.26. The van der Waals surface area contributed by atoms with Crippen molar-refractivity contribution < 1.29 is 9.53 Å². The average molecular weight is 336 g/mol. The van der Waals surface area contributed by atoms with Crippen LogP contribution in [0.5, 0.6) is 5.75 Å². The Bertz CT molecular complexity index is 949. The first-order valence-electron chi connectivity index (χ1n) is 8.33. The Morgan fingerprint density at radius 1 is 1.08 bits per heavy atom. The molecular weight excluding hydrogens is 316 g/mol. The number of aromatic amines is 2. The van der Waals surface area contributed by atoms with Gasteiger partial charge in [-0.3, -0.25) is 4.79 Å². The van der Waals surface area contributed by atoms with Crippen LogP contribution in [-0.2, 0) is 0 Å². The van der Waals surface area contributed by atoms with Crippen molar-refractivity contribution in [3.8, 4) is 5.75 Å². The Morgan fingerprint density at radius 2 is 1.84 bits per heavy atom. The summed E-state index contributed by atoms with van der Waals surface area (Å²) in [6.45, 7) is 2.84. The number of allylic oxidation sites excluding steroid dienone is 1. The normalized spacial score (nSPS) is 11.2. The Kier molecular flexibility index (Phi) is 5.14. The van der Waals surface area contributed by atoms with Crippen molar-refractivity contribution in [1.29, 1.82) is 0 Å². The van der Waals surface area contributed by atoms with Crippen LogP contribution in [0.3, 0.4) is 0 Å². The van der Waals surface area contributed by atoms with Gasteiger partial charge in [-0.05, 0) is 48.4 Å². The molecular formula is C20H20N2O3. The van der Waals surface area contributed by atoms with Crippen LogP contribution in [0.25, 0.3) is 17.1 Å². The van der Waals surface area contributed by atoms with Crippen LogP contribution in [0, 0.1) is 0 Å². The maximum Gasteiger partial charge on any atom is 0.323 e. The number of nitrogens with one attached hydrogen (secondary N) is 2. The first-order valence-corrected chi connectivity index (χ1v) is 8.33. The molecule has 0 bridgehead atoms. The molecule has 1 heterocycles. The zero-order chi connectivity index (χ0) is 17.6. The van der Waals surface area contributed by atoms with Crippen molar-refractivity contribution in [2.75, 3.05) is 6.61 Å². The maximum atomic E-state index is 12.3. The van der Waals surface area contributed by atoms with Crippen molar-refractivity contribution in [2.24, 2.45) is 0 Å². The minimum Gasteiger partial charge on any atom is -0.494 e. The van der Waals surface area contributed by atoms with Crippen molar-refractivity contribution in [3.63, 3.8) is 0 Å². The van der Waals surface area contributed by atoms with Gasteiger partial charge in [-0.1, -0.05) is 31.6 Å². The van der Waals surface area contributed by atoms with Gasteiger partial charge in [-0.2, -0.15) is 0 Å².